The Morgan fingerprint density at radius 3 is 2.91 bits per heavy atom. The highest BCUT2D eigenvalue weighted by atomic mass is 16.5. The number of ether oxygens (including phenoxy) is 1. The van der Waals surface area contributed by atoms with Gasteiger partial charge in [0.1, 0.15) is 5.39 Å². The highest BCUT2D eigenvalue weighted by molar-refractivity contribution is 5.97. The van der Waals surface area contributed by atoms with Crippen molar-refractivity contribution in [3.05, 3.63) is 51.9 Å². The molecule has 9 heteroatoms. The molecule has 3 heterocycles. The number of carbonyl (C=O) groups excluding carboxylic acids is 1. The van der Waals surface area contributed by atoms with Gasteiger partial charge in [0, 0.05) is 24.0 Å². The van der Waals surface area contributed by atoms with Crippen LogP contribution >= 0.6 is 0 Å². The van der Waals surface area contributed by atoms with Gasteiger partial charge in [-0.2, -0.15) is 10.4 Å². The molecule has 0 bridgehead atoms. The molecule has 2 aliphatic rings. The molecule has 0 spiro atoms. The molecule has 1 aromatic carbocycles. The fraction of sp³-hybridized carbons (Fsp3) is 0.462. The van der Waals surface area contributed by atoms with Crippen LogP contribution in [0.25, 0.3) is 10.9 Å². The number of hydrogen-bond acceptors (Lipinski definition) is 6. The lowest BCUT2D eigenvalue weighted by molar-refractivity contribution is -0.00283. The molecule has 0 radical (unpaired) electrons. The zero-order valence-electron chi connectivity index (χ0n) is 20.1. The Morgan fingerprint density at radius 1 is 1.37 bits per heavy atom. The molecule has 2 aromatic heterocycles. The smallest absolute Gasteiger partial charge is 0.261 e. The van der Waals surface area contributed by atoms with Crippen molar-refractivity contribution >= 4 is 28.3 Å². The molecule has 3 aromatic rings. The molecule has 182 valence electrons. The number of anilines is 2. The predicted molar refractivity (Wildman–Crippen MR) is 133 cm³/mol. The van der Waals surface area contributed by atoms with E-state index in [1.165, 1.54) is 0 Å². The van der Waals surface area contributed by atoms with Crippen LogP contribution < -0.4 is 10.9 Å². The summed E-state index contributed by atoms with van der Waals surface area (Å²) in [7, 11) is 0. The van der Waals surface area contributed by atoms with Crippen LogP contribution in [0.2, 0.25) is 0 Å². The van der Waals surface area contributed by atoms with Gasteiger partial charge in [-0.25, -0.2) is 0 Å². The van der Waals surface area contributed by atoms with Crippen molar-refractivity contribution in [1.82, 2.24) is 19.7 Å². The Kier molecular flexibility index (Phi) is 6.31. The summed E-state index contributed by atoms with van der Waals surface area (Å²) in [6.45, 7) is 5.69. The Morgan fingerprint density at radius 2 is 2.20 bits per heavy atom. The molecule has 9 nitrogen and oxygen atoms in total. The molecule has 1 aliphatic carbocycles. The molecule has 1 saturated heterocycles. The average molecular weight is 475 g/mol. The number of nitrogens with zero attached hydrogens (tertiary/aromatic N) is 4. The summed E-state index contributed by atoms with van der Waals surface area (Å²) in [4.78, 5) is 30.6. The summed E-state index contributed by atoms with van der Waals surface area (Å²) in [5, 5.41) is 17.9. The fourth-order valence-electron chi connectivity index (χ4n) is 5.00. The highest BCUT2D eigenvalue weighted by Crippen LogP contribution is 2.43. The van der Waals surface area contributed by atoms with Crippen molar-refractivity contribution in [3.8, 4) is 6.07 Å². The minimum atomic E-state index is -0.232. The normalized spacial score (nSPS) is 18.9. The van der Waals surface area contributed by atoms with Crippen LogP contribution in [0.5, 0.6) is 0 Å². The molecule has 1 aliphatic heterocycles. The van der Waals surface area contributed by atoms with Gasteiger partial charge in [0.15, 0.2) is 5.82 Å². The number of benzene rings is 1. The number of hydrogen-bond donors (Lipinski definition) is 2. The monoisotopic (exact) mass is 474 g/mol. The van der Waals surface area contributed by atoms with E-state index in [-0.39, 0.29) is 23.6 Å². The molecule has 35 heavy (non-hydrogen) atoms. The Bertz CT molecular complexity index is 1350. The molecule has 1 saturated carbocycles. The third-order valence-corrected chi connectivity index (χ3v) is 7.09. The minimum absolute atomic E-state index is 0.0131. The average Bonchev–Trinajstić information content (AvgIpc) is 3.64. The molecule has 0 unspecified atom stereocenters. The first-order valence-electron chi connectivity index (χ1n) is 12.2. The third-order valence-electron chi connectivity index (χ3n) is 7.09. The van der Waals surface area contributed by atoms with E-state index >= 15 is 0 Å². The highest BCUT2D eigenvalue weighted by Gasteiger charge is 2.34. The second-order valence-corrected chi connectivity index (χ2v) is 9.42. The lowest BCUT2D eigenvalue weighted by atomic mass is 10.0. The zero-order chi connectivity index (χ0) is 24.5. The Balaban J connectivity index is 1.46. The first kappa shape index (κ1) is 23.1. The predicted octanol–water partition coefficient (Wildman–Crippen LogP) is 3.89. The molecule has 5 rings (SSSR count). The molecular weight excluding hydrogens is 444 g/mol. The standard InChI is InChI=1S/C26H30N6O3/c1-3-19-15-35-13-12-31(19)26(34)20-7-6-18(14-16(20)2)29-24-23-22(9-11-28-25(23)33)32(30-24)21(8-10-27)17-4-5-17/h6-7,9,11,14,17,19,21H,3-5,8,12-13,15H2,1-2H3,(H,28,33)(H,29,30)/t19-,21-/m0/s1. The maximum atomic E-state index is 13.3. The third kappa shape index (κ3) is 4.42. The van der Waals surface area contributed by atoms with Gasteiger partial charge in [0.2, 0.25) is 0 Å². The van der Waals surface area contributed by atoms with E-state index in [0.29, 0.717) is 54.4 Å². The van der Waals surface area contributed by atoms with Crippen molar-refractivity contribution < 1.29 is 9.53 Å². The van der Waals surface area contributed by atoms with Crippen molar-refractivity contribution in [1.29, 1.82) is 5.26 Å². The summed E-state index contributed by atoms with van der Waals surface area (Å²) in [5.41, 5.74) is 2.73. The number of H-pyrrole nitrogens is 1. The SMILES string of the molecule is CC[C@H]1COCCN1C(=O)c1ccc(Nc2nn([C@@H](CC#N)C3CC3)c3cc[nH]c(=O)c23)cc1C. The number of aromatic nitrogens is 3. The largest absolute Gasteiger partial charge is 0.377 e. The second-order valence-electron chi connectivity index (χ2n) is 9.42. The van der Waals surface area contributed by atoms with Gasteiger partial charge in [-0.3, -0.25) is 14.3 Å². The molecule has 1 amide bonds. The van der Waals surface area contributed by atoms with E-state index in [4.69, 9.17) is 9.84 Å². The second kappa shape index (κ2) is 9.55. The van der Waals surface area contributed by atoms with E-state index in [2.05, 4.69) is 23.3 Å². The van der Waals surface area contributed by atoms with E-state index in [0.717, 1.165) is 30.5 Å². The van der Waals surface area contributed by atoms with Gasteiger partial charge in [-0.1, -0.05) is 6.92 Å². The van der Waals surface area contributed by atoms with Crippen LogP contribution in [0.3, 0.4) is 0 Å². The maximum absolute atomic E-state index is 13.3. The van der Waals surface area contributed by atoms with Crippen LogP contribution in [0, 0.1) is 24.2 Å². The number of fused-ring (bicyclic) bond motifs is 1. The van der Waals surface area contributed by atoms with E-state index < -0.39 is 0 Å². The van der Waals surface area contributed by atoms with Crippen molar-refractivity contribution in [3.63, 3.8) is 0 Å². The molecule has 2 fully saturated rings. The number of pyridine rings is 1. The van der Waals surface area contributed by atoms with Crippen molar-refractivity contribution in [2.75, 3.05) is 25.1 Å². The first-order valence-corrected chi connectivity index (χ1v) is 12.2. The first-order chi connectivity index (χ1) is 17.0. The minimum Gasteiger partial charge on any atom is -0.377 e. The van der Waals surface area contributed by atoms with E-state index in [1.54, 1.807) is 6.20 Å². The summed E-state index contributed by atoms with van der Waals surface area (Å²) >= 11 is 0. The van der Waals surface area contributed by atoms with Gasteiger partial charge in [-0.05, 0) is 61.9 Å². The molecular formula is C26H30N6O3. The lowest BCUT2D eigenvalue weighted by Crippen LogP contribution is -2.48. The quantitative estimate of drug-likeness (QED) is 0.537. The van der Waals surface area contributed by atoms with E-state index in [9.17, 15) is 14.9 Å². The van der Waals surface area contributed by atoms with Gasteiger partial charge in [0.05, 0.1) is 43.3 Å². The Hall–Kier alpha value is -3.64. The number of carbonyl (C=O) groups is 1. The van der Waals surface area contributed by atoms with Gasteiger partial charge in [-0.15, -0.1) is 0 Å². The van der Waals surface area contributed by atoms with Crippen molar-refractivity contribution in [2.45, 2.75) is 51.6 Å². The van der Waals surface area contributed by atoms with Crippen LogP contribution in [0.1, 0.15) is 54.6 Å². The molecule has 2 N–H and O–H groups in total. The lowest BCUT2D eigenvalue weighted by Gasteiger charge is -2.35. The van der Waals surface area contributed by atoms with Crippen LogP contribution in [0.15, 0.2) is 35.3 Å². The topological polar surface area (TPSA) is 116 Å². The zero-order valence-corrected chi connectivity index (χ0v) is 20.1. The van der Waals surface area contributed by atoms with Gasteiger partial charge >= 0.3 is 0 Å². The van der Waals surface area contributed by atoms with Crippen LogP contribution in [-0.2, 0) is 4.74 Å². The Labute approximate surface area is 203 Å². The maximum Gasteiger partial charge on any atom is 0.261 e. The number of nitrogens with one attached hydrogen (secondary N) is 2. The number of nitriles is 1. The number of aryl methyl sites for hydroxylation is 1. The van der Waals surface area contributed by atoms with E-state index in [1.807, 2.05) is 40.8 Å². The van der Waals surface area contributed by atoms with Crippen molar-refractivity contribution in [2.24, 2.45) is 5.92 Å². The van der Waals surface area contributed by atoms with Crippen LogP contribution in [-0.4, -0.2) is 51.4 Å². The number of rotatable bonds is 7. The molecule has 2 atom stereocenters. The summed E-state index contributed by atoms with van der Waals surface area (Å²) in [5.74, 6) is 0.867. The fourth-order valence-corrected chi connectivity index (χ4v) is 5.00. The van der Waals surface area contributed by atoms with Gasteiger partial charge in [0.25, 0.3) is 11.5 Å². The van der Waals surface area contributed by atoms with Gasteiger partial charge < -0.3 is 19.9 Å². The summed E-state index contributed by atoms with van der Waals surface area (Å²) in [6.07, 6.45) is 4.95. The number of morpholine rings is 1. The summed E-state index contributed by atoms with van der Waals surface area (Å²) < 4.78 is 7.38. The number of amides is 1. The van der Waals surface area contributed by atoms with Crippen LogP contribution in [0.4, 0.5) is 11.5 Å². The summed E-state index contributed by atoms with van der Waals surface area (Å²) in [6, 6.07) is 9.72. The number of aromatic amines is 1.